The lowest BCUT2D eigenvalue weighted by Gasteiger charge is -2.13. The van der Waals surface area contributed by atoms with Crippen molar-refractivity contribution in [3.63, 3.8) is 0 Å². The van der Waals surface area contributed by atoms with Crippen LogP contribution < -0.4 is 0 Å². The molecule has 0 bridgehead atoms. The van der Waals surface area contributed by atoms with E-state index in [1.54, 1.807) is 6.07 Å². The van der Waals surface area contributed by atoms with Gasteiger partial charge in [0, 0.05) is 6.07 Å². The van der Waals surface area contributed by atoms with Gasteiger partial charge in [0.25, 0.3) is 0 Å². The third-order valence-electron chi connectivity index (χ3n) is 3.21. The van der Waals surface area contributed by atoms with Crippen LogP contribution in [-0.2, 0) is 12.4 Å². The van der Waals surface area contributed by atoms with Gasteiger partial charge in [-0.05, 0) is 40.8 Å². The van der Waals surface area contributed by atoms with E-state index in [0.29, 0.717) is 22.7 Å². The fourth-order valence-electron chi connectivity index (χ4n) is 2.08. The second-order valence-electron chi connectivity index (χ2n) is 4.88. The number of benzene rings is 1. The number of aromatic nitrogens is 1. The topological polar surface area (TPSA) is 26.0 Å². The number of halogens is 6. The molecule has 0 unspecified atom stereocenters. The van der Waals surface area contributed by atoms with Gasteiger partial charge in [-0.3, -0.25) is 0 Å². The van der Waals surface area contributed by atoms with Gasteiger partial charge in [-0.2, -0.15) is 26.3 Å². The van der Waals surface area contributed by atoms with Crippen molar-refractivity contribution in [3.05, 3.63) is 53.1 Å². The number of thiophene rings is 1. The first-order chi connectivity index (χ1) is 11.1. The number of rotatable bonds is 2. The van der Waals surface area contributed by atoms with Crippen LogP contribution in [0.1, 0.15) is 11.1 Å². The number of alkyl halides is 6. The fraction of sp³-hybridized carbons (Fsp3) is 0.133. The van der Waals surface area contributed by atoms with Crippen molar-refractivity contribution in [2.75, 3.05) is 0 Å². The van der Waals surface area contributed by atoms with Gasteiger partial charge in [-0.15, -0.1) is 11.3 Å². The smallest absolute Gasteiger partial charge is 0.364 e. The largest absolute Gasteiger partial charge is 0.416 e. The molecule has 2 heterocycles. The van der Waals surface area contributed by atoms with Crippen LogP contribution in [0.3, 0.4) is 0 Å². The summed E-state index contributed by atoms with van der Waals surface area (Å²) in [5.74, 6) is 0. The van der Waals surface area contributed by atoms with E-state index in [1.165, 1.54) is 17.7 Å². The lowest BCUT2D eigenvalue weighted by molar-refractivity contribution is -0.143. The monoisotopic (exact) mass is 363 g/mol. The lowest BCUT2D eigenvalue weighted by atomic mass is 10.0. The predicted octanol–water partition coefficient (Wildman–Crippen LogP) is 6.11. The van der Waals surface area contributed by atoms with Crippen molar-refractivity contribution >= 4 is 11.3 Å². The molecule has 3 rings (SSSR count). The van der Waals surface area contributed by atoms with Gasteiger partial charge in [0.15, 0.2) is 0 Å². The summed E-state index contributed by atoms with van der Waals surface area (Å²) in [6, 6.07) is 4.52. The second-order valence-corrected chi connectivity index (χ2v) is 5.79. The third kappa shape index (κ3) is 3.30. The first-order valence-electron chi connectivity index (χ1n) is 6.44. The molecular weight excluding hydrogens is 356 g/mol. The Balaban J connectivity index is 2.10. The van der Waals surface area contributed by atoms with Crippen LogP contribution in [0.5, 0.6) is 0 Å². The minimum absolute atomic E-state index is 0.106. The maximum Gasteiger partial charge on any atom is 0.416 e. The van der Waals surface area contributed by atoms with Crippen LogP contribution in [-0.4, -0.2) is 5.16 Å². The summed E-state index contributed by atoms with van der Waals surface area (Å²) in [6.07, 6.45) is -8.43. The summed E-state index contributed by atoms with van der Waals surface area (Å²) in [4.78, 5) is 0.574. The molecule has 0 aliphatic carbocycles. The third-order valence-corrected chi connectivity index (χ3v) is 4.16. The maximum atomic E-state index is 12.9. The van der Waals surface area contributed by atoms with E-state index in [1.807, 2.05) is 0 Å². The van der Waals surface area contributed by atoms with Crippen molar-refractivity contribution in [1.29, 1.82) is 0 Å². The summed E-state index contributed by atoms with van der Waals surface area (Å²) in [5.41, 5.74) is -2.16. The zero-order valence-corrected chi connectivity index (χ0v) is 12.4. The van der Waals surface area contributed by atoms with Crippen molar-refractivity contribution in [2.24, 2.45) is 0 Å². The number of nitrogens with zero attached hydrogens (tertiary/aromatic N) is 1. The van der Waals surface area contributed by atoms with Crippen LogP contribution in [0.25, 0.3) is 21.7 Å². The van der Waals surface area contributed by atoms with Crippen molar-refractivity contribution in [3.8, 4) is 21.7 Å². The molecule has 0 fully saturated rings. The summed E-state index contributed by atoms with van der Waals surface area (Å²) >= 11 is 1.14. The molecular formula is C15H7F6NOS. The summed E-state index contributed by atoms with van der Waals surface area (Å²) in [6.45, 7) is 0. The first-order valence-corrected chi connectivity index (χ1v) is 7.32. The first kappa shape index (κ1) is 16.6. The Morgan fingerprint density at radius 2 is 1.46 bits per heavy atom. The Hall–Kier alpha value is -2.29. The van der Waals surface area contributed by atoms with Crippen molar-refractivity contribution < 1.29 is 30.9 Å². The highest BCUT2D eigenvalue weighted by molar-refractivity contribution is 7.14. The molecule has 9 heteroatoms. The minimum Gasteiger partial charge on any atom is -0.364 e. The van der Waals surface area contributed by atoms with Crippen molar-refractivity contribution in [1.82, 2.24) is 5.16 Å². The molecule has 0 saturated carbocycles. The Bertz CT molecular complexity index is 815. The van der Waals surface area contributed by atoms with Gasteiger partial charge in [-0.1, -0.05) is 5.16 Å². The molecule has 0 radical (unpaired) electrons. The Labute approximate surface area is 135 Å². The van der Waals surface area contributed by atoms with E-state index in [0.717, 1.165) is 11.3 Å². The highest BCUT2D eigenvalue weighted by atomic mass is 32.1. The predicted molar refractivity (Wildman–Crippen MR) is 75.3 cm³/mol. The summed E-state index contributed by atoms with van der Waals surface area (Å²) < 4.78 is 82.0. The van der Waals surface area contributed by atoms with Gasteiger partial charge in [0.2, 0.25) is 0 Å². The average Bonchev–Trinajstić information content (AvgIpc) is 3.16. The molecule has 1 aromatic carbocycles. The SMILES string of the molecule is FC(F)(F)c1cc(-c2csc(-c3ccon3)c2)cc(C(F)(F)F)c1. The molecule has 0 spiro atoms. The van der Waals surface area contributed by atoms with E-state index in [9.17, 15) is 26.3 Å². The van der Waals surface area contributed by atoms with Gasteiger partial charge in [0.1, 0.15) is 12.0 Å². The van der Waals surface area contributed by atoms with Crippen LogP contribution in [0.4, 0.5) is 26.3 Å². The van der Waals surface area contributed by atoms with E-state index >= 15 is 0 Å². The van der Waals surface area contributed by atoms with E-state index in [4.69, 9.17) is 0 Å². The van der Waals surface area contributed by atoms with Crippen LogP contribution >= 0.6 is 11.3 Å². The molecule has 126 valence electrons. The number of hydrogen-bond donors (Lipinski definition) is 0. The van der Waals surface area contributed by atoms with E-state index in [2.05, 4.69) is 9.68 Å². The molecule has 0 atom stereocenters. The van der Waals surface area contributed by atoms with E-state index < -0.39 is 23.5 Å². The Morgan fingerprint density at radius 3 is 1.96 bits per heavy atom. The normalized spacial score (nSPS) is 12.6. The molecule has 0 amide bonds. The highest BCUT2D eigenvalue weighted by Gasteiger charge is 2.37. The van der Waals surface area contributed by atoms with E-state index in [-0.39, 0.29) is 17.2 Å². The standard InChI is InChI=1S/C15H7F6NOS/c16-14(17,18)10-3-8(4-11(6-10)15(19,20)21)9-5-13(24-7-9)12-1-2-23-22-12/h1-7H. The molecule has 2 aromatic heterocycles. The minimum atomic E-state index is -4.87. The van der Waals surface area contributed by atoms with Crippen LogP contribution in [0, 0.1) is 0 Å². The molecule has 24 heavy (non-hydrogen) atoms. The quantitative estimate of drug-likeness (QED) is 0.514. The zero-order valence-electron chi connectivity index (χ0n) is 11.6. The number of hydrogen-bond acceptors (Lipinski definition) is 3. The van der Waals surface area contributed by atoms with Gasteiger partial charge < -0.3 is 4.52 Å². The molecule has 0 aliphatic heterocycles. The van der Waals surface area contributed by atoms with Crippen LogP contribution in [0.15, 0.2) is 46.5 Å². The van der Waals surface area contributed by atoms with Gasteiger partial charge in [-0.25, -0.2) is 0 Å². The van der Waals surface area contributed by atoms with Gasteiger partial charge in [0.05, 0.1) is 16.0 Å². The molecule has 0 N–H and O–H groups in total. The molecule has 3 aromatic rings. The fourth-order valence-corrected chi connectivity index (χ4v) is 2.96. The van der Waals surface area contributed by atoms with Crippen LogP contribution in [0.2, 0.25) is 0 Å². The maximum absolute atomic E-state index is 12.9. The summed E-state index contributed by atoms with van der Waals surface area (Å²) in [7, 11) is 0. The highest BCUT2D eigenvalue weighted by Crippen LogP contribution is 2.40. The Kier molecular flexibility index (Phi) is 3.90. The lowest BCUT2D eigenvalue weighted by Crippen LogP contribution is -2.10. The second kappa shape index (κ2) is 5.66. The Morgan fingerprint density at radius 1 is 0.833 bits per heavy atom. The molecule has 0 saturated heterocycles. The van der Waals surface area contributed by atoms with Gasteiger partial charge >= 0.3 is 12.4 Å². The molecule has 2 nitrogen and oxygen atoms in total. The zero-order chi connectivity index (χ0) is 17.5. The van der Waals surface area contributed by atoms with Crippen molar-refractivity contribution in [2.45, 2.75) is 12.4 Å². The average molecular weight is 363 g/mol. The summed E-state index contributed by atoms with van der Waals surface area (Å²) in [5, 5.41) is 5.15. The molecule has 0 aliphatic rings.